The summed E-state index contributed by atoms with van der Waals surface area (Å²) in [5.74, 6) is 1.34. The molecule has 0 saturated carbocycles. The summed E-state index contributed by atoms with van der Waals surface area (Å²) in [5.41, 5.74) is 1.73. The van der Waals surface area contributed by atoms with Crippen LogP contribution in [-0.2, 0) is 5.33 Å². The van der Waals surface area contributed by atoms with E-state index < -0.39 is 0 Å². The van der Waals surface area contributed by atoms with Crippen LogP contribution in [0.25, 0.3) is 11.3 Å². The van der Waals surface area contributed by atoms with E-state index in [4.69, 9.17) is 20.9 Å². The largest absolute Gasteiger partial charge is 0.495 e. The number of alkyl halides is 1. The molecule has 0 N–H and O–H groups in total. The number of benzene rings is 1. The molecule has 0 amide bonds. The topological polar surface area (TPSA) is 35.3 Å². The molecule has 0 unspecified atom stereocenters. The summed E-state index contributed by atoms with van der Waals surface area (Å²) >= 11 is 9.34. The van der Waals surface area contributed by atoms with Gasteiger partial charge in [0.2, 0.25) is 0 Å². The molecule has 0 aliphatic heterocycles. The first-order valence-corrected chi connectivity index (χ1v) is 6.10. The van der Waals surface area contributed by atoms with Crippen molar-refractivity contribution < 1.29 is 9.26 Å². The lowest BCUT2D eigenvalue weighted by Gasteiger charge is -2.03. The molecular formula is C11H9BrClNO2. The van der Waals surface area contributed by atoms with E-state index in [-0.39, 0.29) is 0 Å². The van der Waals surface area contributed by atoms with Gasteiger partial charge in [-0.05, 0) is 18.2 Å². The maximum absolute atomic E-state index is 6.02. The van der Waals surface area contributed by atoms with Crippen molar-refractivity contribution >= 4 is 27.5 Å². The fourth-order valence-electron chi connectivity index (χ4n) is 1.33. The van der Waals surface area contributed by atoms with Gasteiger partial charge in [-0.1, -0.05) is 32.7 Å². The highest BCUT2D eigenvalue weighted by molar-refractivity contribution is 9.08. The lowest BCUT2D eigenvalue weighted by Crippen LogP contribution is -1.84. The number of hydrogen-bond acceptors (Lipinski definition) is 3. The predicted molar refractivity (Wildman–Crippen MR) is 66.1 cm³/mol. The van der Waals surface area contributed by atoms with Crippen LogP contribution in [0, 0.1) is 0 Å². The number of rotatable bonds is 3. The molecule has 3 nitrogen and oxygen atoms in total. The Kier molecular flexibility index (Phi) is 3.51. The van der Waals surface area contributed by atoms with E-state index in [1.807, 2.05) is 12.1 Å². The standard InChI is InChI=1S/C11H9BrClNO2/c1-15-10-3-2-7(4-9(10)13)11-5-8(6-12)14-16-11/h2-5H,6H2,1H3. The van der Waals surface area contributed by atoms with Crippen molar-refractivity contribution in [3.8, 4) is 17.1 Å². The number of halogens is 2. The molecule has 16 heavy (non-hydrogen) atoms. The second kappa shape index (κ2) is 4.89. The van der Waals surface area contributed by atoms with E-state index in [2.05, 4.69) is 21.1 Å². The van der Waals surface area contributed by atoms with Crippen molar-refractivity contribution in [1.82, 2.24) is 5.16 Å². The lowest BCUT2D eigenvalue weighted by molar-refractivity contribution is 0.414. The molecule has 2 aromatic rings. The Morgan fingerprint density at radius 1 is 1.44 bits per heavy atom. The minimum Gasteiger partial charge on any atom is -0.495 e. The highest BCUT2D eigenvalue weighted by Crippen LogP contribution is 2.30. The second-order valence-corrected chi connectivity index (χ2v) is 4.13. The van der Waals surface area contributed by atoms with Gasteiger partial charge >= 0.3 is 0 Å². The summed E-state index contributed by atoms with van der Waals surface area (Å²) in [7, 11) is 1.58. The molecule has 0 aliphatic carbocycles. The quantitative estimate of drug-likeness (QED) is 0.807. The second-order valence-electron chi connectivity index (χ2n) is 3.17. The van der Waals surface area contributed by atoms with Crippen LogP contribution in [0.15, 0.2) is 28.8 Å². The highest BCUT2D eigenvalue weighted by atomic mass is 79.9. The number of methoxy groups -OCH3 is 1. The molecule has 1 aromatic carbocycles. The van der Waals surface area contributed by atoms with E-state index in [1.54, 1.807) is 19.2 Å². The van der Waals surface area contributed by atoms with Crippen LogP contribution in [0.2, 0.25) is 5.02 Å². The molecule has 0 aliphatic rings. The highest BCUT2D eigenvalue weighted by Gasteiger charge is 2.08. The fraction of sp³-hybridized carbons (Fsp3) is 0.182. The average Bonchev–Trinajstić information content (AvgIpc) is 2.77. The zero-order valence-electron chi connectivity index (χ0n) is 8.54. The minimum absolute atomic E-state index is 0.553. The molecule has 0 atom stereocenters. The first kappa shape index (κ1) is 11.5. The molecular weight excluding hydrogens is 293 g/mol. The van der Waals surface area contributed by atoms with Crippen LogP contribution in [0.4, 0.5) is 0 Å². The van der Waals surface area contributed by atoms with Crippen molar-refractivity contribution in [3.63, 3.8) is 0 Å². The third-order valence-corrected chi connectivity index (χ3v) is 3.00. The van der Waals surface area contributed by atoms with E-state index in [9.17, 15) is 0 Å². The van der Waals surface area contributed by atoms with Crippen LogP contribution < -0.4 is 4.74 Å². The van der Waals surface area contributed by atoms with Crippen LogP contribution >= 0.6 is 27.5 Å². The summed E-state index contributed by atoms with van der Waals surface area (Å²) in [4.78, 5) is 0. The average molecular weight is 303 g/mol. The maximum atomic E-state index is 6.02. The maximum Gasteiger partial charge on any atom is 0.167 e. The van der Waals surface area contributed by atoms with Crippen molar-refractivity contribution in [3.05, 3.63) is 35.0 Å². The third-order valence-electron chi connectivity index (χ3n) is 2.13. The molecule has 2 rings (SSSR count). The molecule has 0 saturated heterocycles. The minimum atomic E-state index is 0.553. The van der Waals surface area contributed by atoms with Crippen molar-refractivity contribution in [2.24, 2.45) is 0 Å². The molecule has 1 heterocycles. The van der Waals surface area contributed by atoms with Crippen LogP contribution in [0.5, 0.6) is 5.75 Å². The van der Waals surface area contributed by atoms with Crippen molar-refractivity contribution in [2.75, 3.05) is 7.11 Å². The van der Waals surface area contributed by atoms with Crippen molar-refractivity contribution in [2.45, 2.75) is 5.33 Å². The summed E-state index contributed by atoms with van der Waals surface area (Å²) in [6, 6.07) is 7.34. The van der Waals surface area contributed by atoms with Gasteiger partial charge in [0.1, 0.15) is 5.75 Å². The van der Waals surface area contributed by atoms with Gasteiger partial charge in [0, 0.05) is 17.0 Å². The Morgan fingerprint density at radius 3 is 2.81 bits per heavy atom. The van der Waals surface area contributed by atoms with E-state index in [1.165, 1.54) is 0 Å². The van der Waals surface area contributed by atoms with Gasteiger partial charge in [0.15, 0.2) is 5.76 Å². The number of aromatic nitrogens is 1. The van der Waals surface area contributed by atoms with Gasteiger partial charge in [0.25, 0.3) is 0 Å². The smallest absolute Gasteiger partial charge is 0.167 e. The summed E-state index contributed by atoms with van der Waals surface area (Å²) in [5, 5.41) is 5.11. The fourth-order valence-corrected chi connectivity index (χ4v) is 1.85. The summed E-state index contributed by atoms with van der Waals surface area (Å²) < 4.78 is 10.3. The molecule has 0 spiro atoms. The van der Waals surface area contributed by atoms with Gasteiger partial charge in [-0.3, -0.25) is 0 Å². The molecule has 0 radical (unpaired) electrons. The SMILES string of the molecule is COc1ccc(-c2cc(CBr)no2)cc1Cl. The normalized spacial score (nSPS) is 10.4. The number of nitrogens with zero attached hydrogens (tertiary/aromatic N) is 1. The van der Waals surface area contributed by atoms with E-state index in [0.717, 1.165) is 11.3 Å². The Hall–Kier alpha value is -1.00. The zero-order valence-corrected chi connectivity index (χ0v) is 10.9. The number of ether oxygens (including phenoxy) is 1. The van der Waals surface area contributed by atoms with Gasteiger partial charge in [-0.2, -0.15) is 0 Å². The molecule has 1 aromatic heterocycles. The monoisotopic (exact) mass is 301 g/mol. The van der Waals surface area contributed by atoms with Crippen LogP contribution in [0.1, 0.15) is 5.69 Å². The summed E-state index contributed by atoms with van der Waals surface area (Å²) in [6.45, 7) is 0. The first-order chi connectivity index (χ1) is 7.74. The third kappa shape index (κ3) is 2.23. The Bertz CT molecular complexity index is 498. The Morgan fingerprint density at radius 2 is 2.25 bits per heavy atom. The van der Waals surface area contributed by atoms with Crippen molar-refractivity contribution in [1.29, 1.82) is 0 Å². The van der Waals surface area contributed by atoms with Gasteiger partial charge in [0.05, 0.1) is 17.8 Å². The van der Waals surface area contributed by atoms with E-state index in [0.29, 0.717) is 21.9 Å². The predicted octanol–water partition coefficient (Wildman–Crippen LogP) is 3.90. The Labute approximate surface area is 106 Å². The van der Waals surface area contributed by atoms with Gasteiger partial charge < -0.3 is 9.26 Å². The van der Waals surface area contributed by atoms with Crippen LogP contribution in [-0.4, -0.2) is 12.3 Å². The van der Waals surface area contributed by atoms with Crippen LogP contribution in [0.3, 0.4) is 0 Å². The lowest BCUT2D eigenvalue weighted by atomic mass is 10.1. The molecule has 84 valence electrons. The molecule has 0 bridgehead atoms. The zero-order chi connectivity index (χ0) is 11.5. The first-order valence-electron chi connectivity index (χ1n) is 4.60. The summed E-state index contributed by atoms with van der Waals surface area (Å²) in [6.07, 6.45) is 0. The van der Waals surface area contributed by atoms with E-state index >= 15 is 0 Å². The number of hydrogen-bond donors (Lipinski definition) is 0. The molecule has 5 heteroatoms. The Balaban J connectivity index is 2.37. The molecule has 0 fully saturated rings. The van der Waals surface area contributed by atoms with Gasteiger partial charge in [-0.15, -0.1) is 0 Å². The van der Waals surface area contributed by atoms with Gasteiger partial charge in [-0.25, -0.2) is 0 Å².